The van der Waals surface area contributed by atoms with Crippen LogP contribution < -0.4 is 0 Å². The highest BCUT2D eigenvalue weighted by Crippen LogP contribution is 2.27. The van der Waals surface area contributed by atoms with E-state index in [1.807, 2.05) is 11.9 Å². The lowest BCUT2D eigenvalue weighted by molar-refractivity contribution is 0.236. The van der Waals surface area contributed by atoms with Crippen LogP contribution in [0.2, 0.25) is 0 Å². The molecule has 0 aromatic rings. The summed E-state index contributed by atoms with van der Waals surface area (Å²) < 4.78 is 5.44. The molecule has 0 N–H and O–H groups in total. The summed E-state index contributed by atoms with van der Waals surface area (Å²) in [6.45, 7) is 4.73. The zero-order chi connectivity index (χ0) is 11.5. The maximum Gasteiger partial charge on any atom is 0.189 e. The molecule has 0 atom stereocenters. The van der Waals surface area contributed by atoms with E-state index in [4.69, 9.17) is 15.3 Å². The van der Waals surface area contributed by atoms with Gasteiger partial charge in [0, 0.05) is 13.1 Å². The average Bonchev–Trinajstić information content (AvgIpc) is 2.46. The number of hydrogen-bond acceptors (Lipinski definition) is 4. The Balaban J connectivity index is 2.86. The first-order chi connectivity index (χ1) is 7.01. The molecule has 0 unspecified atom stereocenters. The standard InChI is InChI=1S/C11H13N3O/c1-11(2)8-15-10(14(11)3)5-4-9(6-12)7-13/h4-5H,8H2,1-3H3/b10-5+. The first kappa shape index (κ1) is 11.1. The molecular weight excluding hydrogens is 190 g/mol. The predicted molar refractivity (Wildman–Crippen MR) is 55.2 cm³/mol. The molecule has 0 bridgehead atoms. The Morgan fingerprint density at radius 1 is 1.47 bits per heavy atom. The van der Waals surface area contributed by atoms with Crippen molar-refractivity contribution in [2.45, 2.75) is 19.4 Å². The number of ether oxygens (including phenoxy) is 1. The lowest BCUT2D eigenvalue weighted by Crippen LogP contribution is -2.36. The van der Waals surface area contributed by atoms with Gasteiger partial charge in [-0.1, -0.05) is 0 Å². The Hall–Kier alpha value is -1.94. The highest BCUT2D eigenvalue weighted by Gasteiger charge is 2.33. The first-order valence-electron chi connectivity index (χ1n) is 4.60. The van der Waals surface area contributed by atoms with E-state index in [0.29, 0.717) is 12.5 Å². The number of nitriles is 2. The van der Waals surface area contributed by atoms with Gasteiger partial charge in [0.1, 0.15) is 24.3 Å². The topological polar surface area (TPSA) is 60.0 Å². The van der Waals surface area contributed by atoms with Crippen molar-refractivity contribution in [3.8, 4) is 12.1 Å². The monoisotopic (exact) mass is 203 g/mol. The van der Waals surface area contributed by atoms with Crippen LogP contribution in [0.1, 0.15) is 13.8 Å². The van der Waals surface area contributed by atoms with Crippen molar-refractivity contribution in [3.05, 3.63) is 23.6 Å². The van der Waals surface area contributed by atoms with Crippen molar-refractivity contribution < 1.29 is 4.74 Å². The molecule has 0 saturated carbocycles. The summed E-state index contributed by atoms with van der Waals surface area (Å²) in [7, 11) is 1.92. The highest BCUT2D eigenvalue weighted by molar-refractivity contribution is 5.38. The molecule has 1 aliphatic rings. The van der Waals surface area contributed by atoms with Gasteiger partial charge in [-0.2, -0.15) is 10.5 Å². The highest BCUT2D eigenvalue weighted by atomic mass is 16.5. The first-order valence-corrected chi connectivity index (χ1v) is 4.60. The summed E-state index contributed by atoms with van der Waals surface area (Å²) in [4.78, 5) is 1.98. The van der Waals surface area contributed by atoms with E-state index >= 15 is 0 Å². The van der Waals surface area contributed by atoms with Gasteiger partial charge in [-0.3, -0.25) is 0 Å². The number of rotatable bonds is 1. The van der Waals surface area contributed by atoms with Gasteiger partial charge < -0.3 is 9.64 Å². The fourth-order valence-corrected chi connectivity index (χ4v) is 1.16. The van der Waals surface area contributed by atoms with E-state index in [0.717, 1.165) is 0 Å². The molecule has 15 heavy (non-hydrogen) atoms. The molecular formula is C11H13N3O. The molecule has 0 aromatic heterocycles. The second kappa shape index (κ2) is 4.06. The van der Waals surface area contributed by atoms with Crippen molar-refractivity contribution in [1.29, 1.82) is 10.5 Å². The molecule has 1 fully saturated rings. The summed E-state index contributed by atoms with van der Waals surface area (Å²) in [5.41, 5.74) is 0.0308. The van der Waals surface area contributed by atoms with Crippen LogP contribution in [0.5, 0.6) is 0 Å². The van der Waals surface area contributed by atoms with E-state index < -0.39 is 0 Å². The average molecular weight is 203 g/mol. The third-order valence-corrected chi connectivity index (χ3v) is 2.45. The van der Waals surface area contributed by atoms with Crippen LogP contribution in [0.4, 0.5) is 0 Å². The molecule has 1 rings (SSSR count). The predicted octanol–water partition coefficient (Wildman–Crippen LogP) is 1.54. The number of hydrogen-bond donors (Lipinski definition) is 0. The van der Waals surface area contributed by atoms with E-state index in [1.54, 1.807) is 18.2 Å². The Labute approximate surface area is 89.7 Å². The van der Waals surface area contributed by atoms with E-state index in [2.05, 4.69) is 13.8 Å². The largest absolute Gasteiger partial charge is 0.477 e. The van der Waals surface area contributed by atoms with Crippen LogP contribution in [0.3, 0.4) is 0 Å². The minimum Gasteiger partial charge on any atom is -0.477 e. The zero-order valence-electron chi connectivity index (χ0n) is 9.11. The van der Waals surface area contributed by atoms with Gasteiger partial charge >= 0.3 is 0 Å². The molecule has 78 valence electrons. The molecule has 0 radical (unpaired) electrons. The Morgan fingerprint density at radius 3 is 2.47 bits per heavy atom. The van der Waals surface area contributed by atoms with Crippen LogP contribution in [-0.2, 0) is 4.74 Å². The van der Waals surface area contributed by atoms with E-state index in [1.165, 1.54) is 6.08 Å². The number of nitrogens with zero attached hydrogens (tertiary/aromatic N) is 3. The van der Waals surface area contributed by atoms with Gasteiger partial charge in [0.2, 0.25) is 0 Å². The van der Waals surface area contributed by atoms with Crippen LogP contribution in [0, 0.1) is 22.7 Å². The van der Waals surface area contributed by atoms with Crippen molar-refractivity contribution in [3.63, 3.8) is 0 Å². The Bertz CT molecular complexity index is 377. The normalized spacial score (nSPS) is 20.3. The van der Waals surface area contributed by atoms with Crippen LogP contribution in [0.15, 0.2) is 23.6 Å². The van der Waals surface area contributed by atoms with Gasteiger partial charge in [-0.05, 0) is 19.9 Å². The van der Waals surface area contributed by atoms with Crippen molar-refractivity contribution in [2.75, 3.05) is 13.7 Å². The second-order valence-corrected chi connectivity index (χ2v) is 3.97. The van der Waals surface area contributed by atoms with Crippen molar-refractivity contribution >= 4 is 0 Å². The summed E-state index contributed by atoms with van der Waals surface area (Å²) in [6, 6.07) is 3.59. The molecule has 0 spiro atoms. The maximum atomic E-state index is 8.54. The number of allylic oxidation sites excluding steroid dienone is 3. The minimum absolute atomic E-state index is 0.0425. The lowest BCUT2D eigenvalue weighted by atomic mass is 10.1. The smallest absolute Gasteiger partial charge is 0.189 e. The molecule has 1 saturated heterocycles. The van der Waals surface area contributed by atoms with Crippen molar-refractivity contribution in [1.82, 2.24) is 4.90 Å². The van der Waals surface area contributed by atoms with E-state index in [9.17, 15) is 0 Å². The van der Waals surface area contributed by atoms with Gasteiger partial charge in [0.15, 0.2) is 5.88 Å². The fourth-order valence-electron chi connectivity index (χ4n) is 1.16. The third kappa shape index (κ3) is 2.30. The van der Waals surface area contributed by atoms with E-state index in [-0.39, 0.29) is 11.1 Å². The summed E-state index contributed by atoms with van der Waals surface area (Å²) >= 11 is 0. The number of likely N-dealkylation sites (N-methyl/N-ethyl adjacent to an activating group) is 1. The third-order valence-electron chi connectivity index (χ3n) is 2.45. The van der Waals surface area contributed by atoms with Gasteiger partial charge in [0.25, 0.3) is 0 Å². The molecule has 0 aliphatic carbocycles. The van der Waals surface area contributed by atoms with Crippen molar-refractivity contribution in [2.24, 2.45) is 0 Å². The molecule has 4 heteroatoms. The molecule has 0 aromatic carbocycles. The Kier molecular flexibility index (Phi) is 3.01. The molecule has 1 aliphatic heterocycles. The summed E-state index contributed by atoms with van der Waals surface area (Å²) in [6.07, 6.45) is 3.11. The summed E-state index contributed by atoms with van der Waals surface area (Å²) in [5, 5.41) is 17.1. The second-order valence-electron chi connectivity index (χ2n) is 3.97. The summed E-state index contributed by atoms with van der Waals surface area (Å²) in [5.74, 6) is 0.683. The fraction of sp³-hybridized carbons (Fsp3) is 0.455. The van der Waals surface area contributed by atoms with Gasteiger partial charge in [0.05, 0.1) is 5.54 Å². The zero-order valence-corrected chi connectivity index (χ0v) is 9.11. The Morgan fingerprint density at radius 2 is 2.07 bits per heavy atom. The molecule has 1 heterocycles. The molecule has 4 nitrogen and oxygen atoms in total. The molecule has 0 amide bonds. The van der Waals surface area contributed by atoms with Crippen LogP contribution in [0.25, 0.3) is 0 Å². The lowest BCUT2D eigenvalue weighted by Gasteiger charge is -2.25. The van der Waals surface area contributed by atoms with Crippen LogP contribution >= 0.6 is 0 Å². The van der Waals surface area contributed by atoms with Crippen LogP contribution in [-0.4, -0.2) is 24.1 Å². The van der Waals surface area contributed by atoms with Gasteiger partial charge in [-0.15, -0.1) is 0 Å². The minimum atomic E-state index is -0.0425. The maximum absolute atomic E-state index is 8.54. The SMILES string of the molecule is CN1/C(=C\C=C(C#N)C#N)OCC1(C)C. The quantitative estimate of drug-likeness (QED) is 0.606. The van der Waals surface area contributed by atoms with Gasteiger partial charge in [-0.25, -0.2) is 0 Å².